The molecule has 0 aromatic heterocycles. The minimum atomic E-state index is -1.18. The lowest BCUT2D eigenvalue weighted by molar-refractivity contribution is -0.131. The molecule has 0 unspecified atom stereocenters. The quantitative estimate of drug-likeness (QED) is 0.567. The number of carbonyl (C=O) groups excluding carboxylic acids is 1. The highest BCUT2D eigenvalue weighted by Crippen LogP contribution is 2.31. The second-order valence-electron chi connectivity index (χ2n) is 3.01. The van der Waals surface area contributed by atoms with Crippen molar-refractivity contribution in [3.05, 3.63) is 33.2 Å². The molecule has 1 rings (SSSR count). The lowest BCUT2D eigenvalue weighted by Crippen LogP contribution is -2.09. The number of rotatable bonds is 3. The molecule has 0 aliphatic rings. The molecule has 7 heteroatoms. The molecule has 5 nitrogen and oxygen atoms in total. The van der Waals surface area contributed by atoms with Crippen LogP contribution in [-0.2, 0) is 9.59 Å². The maximum absolute atomic E-state index is 11.3. The summed E-state index contributed by atoms with van der Waals surface area (Å²) in [6.07, 6.45) is 1.69. The highest BCUT2D eigenvalue weighted by Gasteiger charge is 2.05. The largest absolute Gasteiger partial charge is 0.478 e. The van der Waals surface area contributed by atoms with Crippen molar-refractivity contribution in [2.75, 3.05) is 11.1 Å². The number of carboxylic acids is 1. The van der Waals surface area contributed by atoms with Crippen LogP contribution >= 0.6 is 31.9 Å². The lowest BCUT2D eigenvalue weighted by Gasteiger charge is -2.06. The summed E-state index contributed by atoms with van der Waals surface area (Å²) in [5, 5.41) is 10.9. The van der Waals surface area contributed by atoms with E-state index in [0.29, 0.717) is 20.3 Å². The van der Waals surface area contributed by atoms with Gasteiger partial charge in [-0.25, -0.2) is 4.79 Å². The van der Waals surface area contributed by atoms with Crippen molar-refractivity contribution in [2.24, 2.45) is 0 Å². The van der Waals surface area contributed by atoms with Crippen LogP contribution in [-0.4, -0.2) is 17.0 Å². The molecule has 0 aliphatic heterocycles. The number of nitrogens with two attached hydrogens (primary N) is 1. The monoisotopic (exact) mass is 362 g/mol. The smallest absolute Gasteiger partial charge is 0.328 e. The van der Waals surface area contributed by atoms with Crippen LogP contribution in [0.15, 0.2) is 33.2 Å². The maximum atomic E-state index is 11.3. The zero-order valence-electron chi connectivity index (χ0n) is 8.41. The van der Waals surface area contributed by atoms with Crippen LogP contribution in [0.1, 0.15) is 0 Å². The minimum absolute atomic E-state index is 0.498. The maximum Gasteiger partial charge on any atom is 0.328 e. The van der Waals surface area contributed by atoms with Crippen LogP contribution < -0.4 is 11.1 Å². The van der Waals surface area contributed by atoms with E-state index in [1.807, 2.05) is 0 Å². The molecule has 90 valence electrons. The Morgan fingerprint density at radius 3 is 2.24 bits per heavy atom. The van der Waals surface area contributed by atoms with E-state index in [-0.39, 0.29) is 0 Å². The van der Waals surface area contributed by atoms with E-state index in [4.69, 9.17) is 10.8 Å². The molecule has 0 heterocycles. The Morgan fingerprint density at radius 1 is 1.24 bits per heavy atom. The summed E-state index contributed by atoms with van der Waals surface area (Å²) in [7, 11) is 0. The molecule has 17 heavy (non-hydrogen) atoms. The zero-order chi connectivity index (χ0) is 13.0. The van der Waals surface area contributed by atoms with Crippen LogP contribution in [0.25, 0.3) is 0 Å². The fourth-order valence-electron chi connectivity index (χ4n) is 0.987. The number of carboxylic acid groups (broad SMARTS) is 1. The molecule has 1 amide bonds. The van der Waals surface area contributed by atoms with Crippen molar-refractivity contribution < 1.29 is 14.7 Å². The third-order valence-corrected chi connectivity index (χ3v) is 3.04. The zero-order valence-corrected chi connectivity index (χ0v) is 11.6. The second kappa shape index (κ2) is 5.83. The third kappa shape index (κ3) is 4.20. The summed E-state index contributed by atoms with van der Waals surface area (Å²) in [5.41, 5.74) is 6.70. The average Bonchev–Trinajstić information content (AvgIpc) is 2.23. The standard InChI is InChI=1S/C10H8Br2N2O3/c11-6-3-5(4-7(12)10(6)13)14-8(15)1-2-9(16)17/h1-4H,13H2,(H,14,15)(H,16,17). The van der Waals surface area contributed by atoms with Gasteiger partial charge in [0.1, 0.15) is 0 Å². The highest BCUT2D eigenvalue weighted by molar-refractivity contribution is 9.11. The number of hydrogen-bond donors (Lipinski definition) is 3. The van der Waals surface area contributed by atoms with Crippen molar-refractivity contribution in [3.8, 4) is 0 Å². The van der Waals surface area contributed by atoms with Crippen LogP contribution in [0.5, 0.6) is 0 Å². The lowest BCUT2D eigenvalue weighted by atomic mass is 10.3. The van der Waals surface area contributed by atoms with Gasteiger partial charge in [-0.15, -0.1) is 0 Å². The normalized spacial score (nSPS) is 10.5. The molecule has 0 bridgehead atoms. The first-order valence-electron chi connectivity index (χ1n) is 4.36. The van der Waals surface area contributed by atoms with Gasteiger partial charge in [0.2, 0.25) is 5.91 Å². The Bertz CT molecular complexity index is 477. The third-order valence-electron chi connectivity index (χ3n) is 1.72. The van der Waals surface area contributed by atoms with Crippen molar-refractivity contribution in [3.63, 3.8) is 0 Å². The SMILES string of the molecule is Nc1c(Br)cc(NC(=O)C=CC(=O)O)cc1Br. The molecule has 0 aliphatic carbocycles. The second-order valence-corrected chi connectivity index (χ2v) is 4.72. The van der Waals surface area contributed by atoms with Crippen LogP contribution in [0.4, 0.5) is 11.4 Å². The number of hydrogen-bond acceptors (Lipinski definition) is 3. The van der Waals surface area contributed by atoms with Gasteiger partial charge in [-0.3, -0.25) is 4.79 Å². The molecular weight excluding hydrogens is 356 g/mol. The molecule has 0 fully saturated rings. The predicted octanol–water partition coefficient (Wildman–Crippen LogP) is 2.37. The summed E-state index contributed by atoms with van der Waals surface area (Å²) >= 11 is 6.46. The Hall–Kier alpha value is -1.34. The van der Waals surface area contributed by atoms with E-state index >= 15 is 0 Å². The molecule has 4 N–H and O–H groups in total. The number of anilines is 2. The number of halogens is 2. The van der Waals surface area contributed by atoms with E-state index in [1.165, 1.54) is 0 Å². The fourth-order valence-corrected chi connectivity index (χ4v) is 2.17. The van der Waals surface area contributed by atoms with Gasteiger partial charge in [0.15, 0.2) is 0 Å². The van der Waals surface area contributed by atoms with Gasteiger partial charge in [-0.2, -0.15) is 0 Å². The molecule has 0 saturated carbocycles. The van der Waals surface area contributed by atoms with Gasteiger partial charge in [0.25, 0.3) is 0 Å². The van der Waals surface area contributed by atoms with Gasteiger partial charge < -0.3 is 16.2 Å². The molecule has 1 aromatic carbocycles. The highest BCUT2D eigenvalue weighted by atomic mass is 79.9. The number of nitrogen functional groups attached to an aromatic ring is 1. The first kappa shape index (κ1) is 13.7. The summed E-state index contributed by atoms with van der Waals surface area (Å²) < 4.78 is 1.26. The van der Waals surface area contributed by atoms with Crippen LogP contribution in [0, 0.1) is 0 Å². The summed E-state index contributed by atoms with van der Waals surface area (Å²) in [5.74, 6) is -1.71. The van der Waals surface area contributed by atoms with Gasteiger partial charge in [-0.05, 0) is 44.0 Å². The van der Waals surface area contributed by atoms with E-state index < -0.39 is 11.9 Å². The minimum Gasteiger partial charge on any atom is -0.478 e. The van der Waals surface area contributed by atoms with E-state index in [2.05, 4.69) is 37.2 Å². The first-order valence-corrected chi connectivity index (χ1v) is 5.95. The van der Waals surface area contributed by atoms with Crippen molar-refractivity contribution in [2.45, 2.75) is 0 Å². The first-order chi connectivity index (χ1) is 7.90. The summed E-state index contributed by atoms with van der Waals surface area (Å²) in [6, 6.07) is 3.24. The number of nitrogens with one attached hydrogen (secondary N) is 1. The molecule has 0 spiro atoms. The number of amides is 1. The molecule has 0 radical (unpaired) electrons. The predicted molar refractivity (Wildman–Crippen MR) is 71.7 cm³/mol. The fraction of sp³-hybridized carbons (Fsp3) is 0. The van der Waals surface area contributed by atoms with Crippen molar-refractivity contribution in [1.29, 1.82) is 0 Å². The van der Waals surface area contributed by atoms with Gasteiger partial charge in [0.05, 0.1) is 5.69 Å². The summed E-state index contributed by atoms with van der Waals surface area (Å²) in [6.45, 7) is 0. The van der Waals surface area contributed by atoms with Crippen molar-refractivity contribution in [1.82, 2.24) is 0 Å². The van der Waals surface area contributed by atoms with Gasteiger partial charge in [0, 0.05) is 26.8 Å². The van der Waals surface area contributed by atoms with Gasteiger partial charge >= 0.3 is 5.97 Å². The number of carbonyl (C=O) groups is 2. The van der Waals surface area contributed by atoms with Crippen LogP contribution in [0.3, 0.4) is 0 Å². The molecule has 1 aromatic rings. The Labute approximate surface area is 114 Å². The topological polar surface area (TPSA) is 92.4 Å². The van der Waals surface area contributed by atoms with E-state index in [1.54, 1.807) is 12.1 Å². The molecule has 0 atom stereocenters. The Balaban J connectivity index is 2.82. The summed E-state index contributed by atoms with van der Waals surface area (Å²) in [4.78, 5) is 21.5. The molecular formula is C10H8Br2N2O3. The number of aliphatic carboxylic acids is 1. The Kier molecular flexibility index (Phi) is 4.71. The molecule has 0 saturated heterocycles. The number of benzene rings is 1. The average molecular weight is 364 g/mol. The van der Waals surface area contributed by atoms with Crippen molar-refractivity contribution >= 4 is 55.1 Å². The van der Waals surface area contributed by atoms with E-state index in [9.17, 15) is 9.59 Å². The van der Waals surface area contributed by atoms with Gasteiger partial charge in [-0.1, -0.05) is 0 Å². The van der Waals surface area contributed by atoms with E-state index in [0.717, 1.165) is 12.2 Å². The van der Waals surface area contributed by atoms with Crippen LogP contribution in [0.2, 0.25) is 0 Å². The Morgan fingerprint density at radius 2 is 1.76 bits per heavy atom.